The number of alkyl halides is 1. The molecule has 0 radical (unpaired) electrons. The summed E-state index contributed by atoms with van der Waals surface area (Å²) >= 11 is 5.38. The van der Waals surface area contributed by atoms with E-state index in [1.807, 2.05) is 0 Å². The molecule has 6 heteroatoms. The van der Waals surface area contributed by atoms with Gasteiger partial charge < -0.3 is 14.6 Å². The van der Waals surface area contributed by atoms with Crippen molar-refractivity contribution in [3.8, 4) is 11.5 Å². The van der Waals surface area contributed by atoms with Crippen molar-refractivity contribution in [1.29, 1.82) is 0 Å². The third-order valence-corrected chi connectivity index (χ3v) is 2.11. The van der Waals surface area contributed by atoms with Crippen LogP contribution in [-0.4, -0.2) is 30.0 Å². The maximum Gasteiger partial charge on any atom is 0.345 e. The van der Waals surface area contributed by atoms with Crippen LogP contribution in [0.3, 0.4) is 0 Å². The average molecular weight is 259 g/mol. The van der Waals surface area contributed by atoms with Crippen molar-refractivity contribution in [3.63, 3.8) is 0 Å². The predicted molar refractivity (Wildman–Crippen MR) is 60.4 cm³/mol. The second kappa shape index (κ2) is 6.10. The largest absolute Gasteiger partial charge is 0.507 e. The third kappa shape index (κ3) is 3.35. The van der Waals surface area contributed by atoms with Gasteiger partial charge in [-0.25, -0.2) is 4.79 Å². The zero-order valence-electron chi connectivity index (χ0n) is 9.10. The van der Waals surface area contributed by atoms with Gasteiger partial charge >= 0.3 is 11.9 Å². The molecule has 0 heterocycles. The Morgan fingerprint density at radius 2 is 2.12 bits per heavy atom. The maximum absolute atomic E-state index is 11.4. The van der Waals surface area contributed by atoms with Crippen LogP contribution in [0, 0.1) is 0 Å². The Labute approximate surface area is 103 Å². The van der Waals surface area contributed by atoms with Gasteiger partial charge in [0.05, 0.1) is 13.5 Å². The molecule has 0 fully saturated rings. The van der Waals surface area contributed by atoms with Crippen LogP contribution in [0.2, 0.25) is 0 Å². The lowest BCUT2D eigenvalue weighted by Gasteiger charge is -2.09. The van der Waals surface area contributed by atoms with Crippen LogP contribution >= 0.6 is 11.6 Å². The molecule has 0 bridgehead atoms. The van der Waals surface area contributed by atoms with Gasteiger partial charge in [0.2, 0.25) is 0 Å². The van der Waals surface area contributed by atoms with E-state index in [1.165, 1.54) is 25.3 Å². The van der Waals surface area contributed by atoms with Crippen molar-refractivity contribution < 1.29 is 24.2 Å². The number of halogens is 1. The van der Waals surface area contributed by atoms with Gasteiger partial charge in [-0.3, -0.25) is 4.79 Å². The normalized spacial score (nSPS) is 9.76. The molecule has 92 valence electrons. The molecule has 0 spiro atoms. The number of benzene rings is 1. The molecule has 1 aromatic carbocycles. The van der Waals surface area contributed by atoms with Gasteiger partial charge in [0.25, 0.3) is 0 Å². The fourth-order valence-corrected chi connectivity index (χ4v) is 1.32. The number of methoxy groups -OCH3 is 1. The van der Waals surface area contributed by atoms with Crippen LogP contribution < -0.4 is 4.74 Å². The highest BCUT2D eigenvalue weighted by Gasteiger charge is 2.19. The van der Waals surface area contributed by atoms with E-state index < -0.39 is 11.9 Å². The van der Waals surface area contributed by atoms with Gasteiger partial charge in [0, 0.05) is 5.88 Å². The lowest BCUT2D eigenvalue weighted by molar-refractivity contribution is -0.133. The standard InChI is InChI=1S/C11H11ClO5/c1-16-11(15)10-7(13)3-2-4-8(10)17-9(14)5-6-12/h2-4,13H,5-6H2,1H3. The predicted octanol–water partition coefficient (Wildman–Crippen LogP) is 1.71. The van der Waals surface area contributed by atoms with E-state index >= 15 is 0 Å². The molecule has 0 amide bonds. The van der Waals surface area contributed by atoms with Crippen molar-refractivity contribution in [1.82, 2.24) is 0 Å². The summed E-state index contributed by atoms with van der Waals surface area (Å²) in [6.07, 6.45) is 0.0117. The fourth-order valence-electron chi connectivity index (χ4n) is 1.16. The molecule has 0 aliphatic heterocycles. The lowest BCUT2D eigenvalue weighted by atomic mass is 10.2. The van der Waals surface area contributed by atoms with Crippen LogP contribution in [0.15, 0.2) is 18.2 Å². The van der Waals surface area contributed by atoms with Crippen LogP contribution in [0.5, 0.6) is 11.5 Å². The topological polar surface area (TPSA) is 72.8 Å². The highest BCUT2D eigenvalue weighted by Crippen LogP contribution is 2.28. The number of hydrogen-bond acceptors (Lipinski definition) is 5. The van der Waals surface area contributed by atoms with E-state index in [0.717, 1.165) is 0 Å². The number of ether oxygens (including phenoxy) is 2. The molecule has 0 aliphatic rings. The molecule has 0 atom stereocenters. The van der Waals surface area contributed by atoms with Crippen molar-refractivity contribution in [2.24, 2.45) is 0 Å². The summed E-state index contributed by atoms with van der Waals surface area (Å²) in [6.45, 7) is 0. The van der Waals surface area contributed by atoms with Crippen LogP contribution in [-0.2, 0) is 9.53 Å². The number of hydrogen-bond donors (Lipinski definition) is 1. The van der Waals surface area contributed by atoms with Crippen LogP contribution in [0.4, 0.5) is 0 Å². The first-order valence-electron chi connectivity index (χ1n) is 4.77. The Bertz CT molecular complexity index is 430. The number of phenols is 1. The fraction of sp³-hybridized carbons (Fsp3) is 0.273. The molecule has 1 aromatic rings. The van der Waals surface area contributed by atoms with Crippen molar-refractivity contribution >= 4 is 23.5 Å². The van der Waals surface area contributed by atoms with Gasteiger partial charge in [-0.2, -0.15) is 0 Å². The monoisotopic (exact) mass is 258 g/mol. The smallest absolute Gasteiger partial charge is 0.345 e. The minimum atomic E-state index is -0.781. The molecular weight excluding hydrogens is 248 g/mol. The summed E-state index contributed by atoms with van der Waals surface area (Å²) in [6, 6.07) is 4.13. The molecule has 1 N–H and O–H groups in total. The van der Waals surface area contributed by atoms with E-state index in [0.29, 0.717) is 0 Å². The summed E-state index contributed by atoms with van der Waals surface area (Å²) in [4.78, 5) is 22.6. The maximum atomic E-state index is 11.4. The van der Waals surface area contributed by atoms with Gasteiger partial charge in [-0.1, -0.05) is 6.07 Å². The number of esters is 2. The number of carbonyl (C=O) groups is 2. The first kappa shape index (κ1) is 13.3. The molecule has 0 saturated carbocycles. The SMILES string of the molecule is COC(=O)c1c(O)cccc1OC(=O)CCCl. The first-order valence-corrected chi connectivity index (χ1v) is 5.30. The third-order valence-electron chi connectivity index (χ3n) is 1.92. The van der Waals surface area contributed by atoms with Crippen molar-refractivity contribution in [3.05, 3.63) is 23.8 Å². The molecular formula is C11H11ClO5. The molecule has 0 saturated heterocycles. The van der Waals surface area contributed by atoms with E-state index in [1.54, 1.807) is 0 Å². The van der Waals surface area contributed by atoms with E-state index in [-0.39, 0.29) is 29.4 Å². The molecule has 0 unspecified atom stereocenters. The second-order valence-corrected chi connectivity index (χ2v) is 3.43. The minimum Gasteiger partial charge on any atom is -0.507 e. The Morgan fingerprint density at radius 3 is 2.71 bits per heavy atom. The average Bonchev–Trinajstić information content (AvgIpc) is 2.28. The van der Waals surface area contributed by atoms with E-state index in [2.05, 4.69) is 4.74 Å². The second-order valence-electron chi connectivity index (χ2n) is 3.05. The Kier molecular flexibility index (Phi) is 4.78. The van der Waals surface area contributed by atoms with Gasteiger partial charge in [-0.05, 0) is 12.1 Å². The molecule has 1 rings (SSSR count). The first-order chi connectivity index (χ1) is 8.10. The number of aromatic hydroxyl groups is 1. The highest BCUT2D eigenvalue weighted by molar-refractivity contribution is 6.18. The summed E-state index contributed by atoms with van der Waals surface area (Å²) in [5.74, 6) is -1.61. The zero-order chi connectivity index (χ0) is 12.8. The molecule has 0 aromatic heterocycles. The van der Waals surface area contributed by atoms with Crippen LogP contribution in [0.1, 0.15) is 16.8 Å². The van der Waals surface area contributed by atoms with Crippen molar-refractivity contribution in [2.75, 3.05) is 13.0 Å². The van der Waals surface area contributed by atoms with Gasteiger partial charge in [-0.15, -0.1) is 11.6 Å². The van der Waals surface area contributed by atoms with Gasteiger partial charge in [0.1, 0.15) is 17.1 Å². The summed E-state index contributed by atoms with van der Waals surface area (Å²) in [5.41, 5.74) is -0.182. The summed E-state index contributed by atoms with van der Waals surface area (Å²) in [5, 5.41) is 9.52. The van der Waals surface area contributed by atoms with E-state index in [4.69, 9.17) is 16.3 Å². The van der Waals surface area contributed by atoms with Gasteiger partial charge in [0.15, 0.2) is 0 Å². The Hall–Kier alpha value is -1.75. The number of phenolic OH excluding ortho intramolecular Hbond substituents is 1. The quantitative estimate of drug-likeness (QED) is 0.506. The summed E-state index contributed by atoms with van der Waals surface area (Å²) in [7, 11) is 1.17. The Morgan fingerprint density at radius 1 is 1.41 bits per heavy atom. The zero-order valence-corrected chi connectivity index (χ0v) is 9.86. The molecule has 5 nitrogen and oxygen atoms in total. The number of rotatable bonds is 4. The van der Waals surface area contributed by atoms with Crippen molar-refractivity contribution in [2.45, 2.75) is 6.42 Å². The molecule has 17 heavy (non-hydrogen) atoms. The minimum absolute atomic E-state index is 0.0117. The lowest BCUT2D eigenvalue weighted by Crippen LogP contribution is -2.12. The summed E-state index contributed by atoms with van der Waals surface area (Å²) < 4.78 is 9.39. The van der Waals surface area contributed by atoms with Crippen LogP contribution in [0.25, 0.3) is 0 Å². The number of carbonyl (C=O) groups excluding carboxylic acids is 2. The molecule has 0 aliphatic carbocycles. The van der Waals surface area contributed by atoms with E-state index in [9.17, 15) is 14.7 Å². The highest BCUT2D eigenvalue weighted by atomic mass is 35.5. The Balaban J connectivity index is 3.02.